The second-order valence-electron chi connectivity index (χ2n) is 6.79. The van der Waals surface area contributed by atoms with Crippen LogP contribution in [-0.4, -0.2) is 55.9 Å². The van der Waals surface area contributed by atoms with Crippen LogP contribution in [0.1, 0.15) is 31.7 Å². The zero-order chi connectivity index (χ0) is 17.0. The number of ether oxygens (including phenoxy) is 2. The van der Waals surface area contributed by atoms with E-state index in [1.54, 1.807) is 7.11 Å². The fraction of sp³-hybridized carbons (Fsp3) is 0.632. The van der Waals surface area contributed by atoms with Crippen LogP contribution in [-0.2, 0) is 20.7 Å². The normalized spacial score (nSPS) is 27.5. The summed E-state index contributed by atoms with van der Waals surface area (Å²) in [5.41, 5.74) is 1.95. The molecule has 132 valence electrons. The number of carbonyl (C=O) groups excluding carboxylic acids is 1. The highest BCUT2D eigenvalue weighted by atomic mass is 16.5. The van der Waals surface area contributed by atoms with Crippen molar-refractivity contribution in [3.8, 4) is 0 Å². The summed E-state index contributed by atoms with van der Waals surface area (Å²) >= 11 is 0. The van der Waals surface area contributed by atoms with Crippen molar-refractivity contribution in [3.63, 3.8) is 0 Å². The summed E-state index contributed by atoms with van der Waals surface area (Å²) in [6, 6.07) is 7.98. The van der Waals surface area contributed by atoms with Gasteiger partial charge in [0.2, 0.25) is 5.91 Å². The summed E-state index contributed by atoms with van der Waals surface area (Å²) in [7, 11) is 1.75. The van der Waals surface area contributed by atoms with Crippen LogP contribution in [0.5, 0.6) is 0 Å². The number of aryl methyl sites for hydroxylation is 1. The highest BCUT2D eigenvalue weighted by molar-refractivity contribution is 5.93. The topological polar surface area (TPSA) is 50.8 Å². The summed E-state index contributed by atoms with van der Waals surface area (Å²) in [5.74, 6) is 0.0362. The molecule has 2 aliphatic rings. The largest absolute Gasteiger partial charge is 0.377 e. The Kier molecular flexibility index (Phi) is 5.54. The van der Waals surface area contributed by atoms with Gasteiger partial charge in [-0.15, -0.1) is 0 Å². The third-order valence-corrected chi connectivity index (χ3v) is 5.32. The maximum absolute atomic E-state index is 12.4. The zero-order valence-corrected chi connectivity index (χ0v) is 14.7. The van der Waals surface area contributed by atoms with E-state index in [1.807, 2.05) is 18.2 Å². The molecule has 2 heterocycles. The number of methoxy groups -OCH3 is 1. The first-order valence-electron chi connectivity index (χ1n) is 8.94. The number of anilines is 1. The second-order valence-corrected chi connectivity index (χ2v) is 6.79. The first-order valence-corrected chi connectivity index (χ1v) is 8.94. The average Bonchev–Trinajstić information content (AvgIpc) is 3.06. The summed E-state index contributed by atoms with van der Waals surface area (Å²) in [4.78, 5) is 14.6. The fourth-order valence-electron chi connectivity index (χ4n) is 3.95. The van der Waals surface area contributed by atoms with Crippen molar-refractivity contribution in [1.82, 2.24) is 4.90 Å². The molecule has 5 nitrogen and oxygen atoms in total. The number of benzene rings is 1. The Labute approximate surface area is 144 Å². The minimum atomic E-state index is -0.128. The smallest absolute Gasteiger partial charge is 0.238 e. The minimum absolute atomic E-state index is 0.0362. The van der Waals surface area contributed by atoms with Crippen LogP contribution < -0.4 is 5.32 Å². The lowest BCUT2D eigenvalue weighted by atomic mass is 9.86. The Bertz CT molecular complexity index is 569. The van der Waals surface area contributed by atoms with Gasteiger partial charge < -0.3 is 14.8 Å². The number of nitrogens with one attached hydrogen (secondary N) is 1. The molecule has 2 saturated heterocycles. The van der Waals surface area contributed by atoms with Gasteiger partial charge in [0.05, 0.1) is 18.2 Å². The van der Waals surface area contributed by atoms with Crippen molar-refractivity contribution in [1.29, 1.82) is 0 Å². The van der Waals surface area contributed by atoms with Crippen LogP contribution in [0, 0.1) is 0 Å². The van der Waals surface area contributed by atoms with E-state index in [4.69, 9.17) is 9.47 Å². The third-order valence-electron chi connectivity index (χ3n) is 5.32. The third kappa shape index (κ3) is 3.63. The van der Waals surface area contributed by atoms with E-state index in [2.05, 4.69) is 23.2 Å². The summed E-state index contributed by atoms with van der Waals surface area (Å²) in [6.45, 7) is 4.95. The Balaban J connectivity index is 1.57. The van der Waals surface area contributed by atoms with Crippen molar-refractivity contribution in [2.45, 2.75) is 44.3 Å². The van der Waals surface area contributed by atoms with E-state index in [0.29, 0.717) is 6.54 Å². The molecule has 2 fully saturated rings. The van der Waals surface area contributed by atoms with E-state index < -0.39 is 0 Å². The molecule has 0 saturated carbocycles. The molecule has 24 heavy (non-hydrogen) atoms. The molecule has 2 atom stereocenters. The van der Waals surface area contributed by atoms with Gasteiger partial charge in [-0.3, -0.25) is 9.69 Å². The van der Waals surface area contributed by atoms with Gasteiger partial charge in [-0.25, -0.2) is 0 Å². The summed E-state index contributed by atoms with van der Waals surface area (Å²) < 4.78 is 11.7. The summed E-state index contributed by atoms with van der Waals surface area (Å²) in [6.07, 6.45) is 4.06. The predicted molar refractivity (Wildman–Crippen MR) is 94.2 cm³/mol. The lowest BCUT2D eigenvalue weighted by molar-refractivity contribution is -0.145. The van der Waals surface area contributed by atoms with Crippen molar-refractivity contribution in [2.75, 3.05) is 38.7 Å². The van der Waals surface area contributed by atoms with Gasteiger partial charge in [-0.2, -0.15) is 0 Å². The maximum Gasteiger partial charge on any atom is 0.238 e. The monoisotopic (exact) mass is 332 g/mol. The molecule has 1 spiro atoms. The highest BCUT2D eigenvalue weighted by Gasteiger charge is 2.46. The van der Waals surface area contributed by atoms with Crippen LogP contribution in [0.15, 0.2) is 24.3 Å². The van der Waals surface area contributed by atoms with Gasteiger partial charge >= 0.3 is 0 Å². The molecular weight excluding hydrogens is 304 g/mol. The lowest BCUT2D eigenvalue weighted by Gasteiger charge is -2.44. The first kappa shape index (κ1) is 17.4. The Hall–Kier alpha value is -1.43. The number of para-hydroxylation sites is 1. The number of amides is 1. The molecule has 1 aromatic rings. The van der Waals surface area contributed by atoms with E-state index in [0.717, 1.165) is 56.6 Å². The fourth-order valence-corrected chi connectivity index (χ4v) is 3.95. The predicted octanol–water partition coefficient (Wildman–Crippen LogP) is 2.46. The van der Waals surface area contributed by atoms with Gasteiger partial charge in [-0.1, -0.05) is 25.1 Å². The quantitative estimate of drug-likeness (QED) is 0.900. The number of nitrogens with zero attached hydrogens (tertiary/aromatic N) is 1. The van der Waals surface area contributed by atoms with Gasteiger partial charge in [0.1, 0.15) is 0 Å². The molecule has 5 heteroatoms. The molecule has 0 bridgehead atoms. The molecule has 0 radical (unpaired) electrons. The van der Waals surface area contributed by atoms with Gasteiger partial charge in [0.15, 0.2) is 0 Å². The highest BCUT2D eigenvalue weighted by Crippen LogP contribution is 2.37. The number of likely N-dealkylation sites (tertiary alicyclic amines) is 1. The molecule has 0 unspecified atom stereocenters. The molecular formula is C19H28N2O3. The van der Waals surface area contributed by atoms with Crippen molar-refractivity contribution >= 4 is 11.6 Å². The summed E-state index contributed by atoms with van der Waals surface area (Å²) in [5, 5.41) is 3.05. The van der Waals surface area contributed by atoms with Gasteiger partial charge in [-0.05, 0) is 37.3 Å². The van der Waals surface area contributed by atoms with Crippen LogP contribution in [0.2, 0.25) is 0 Å². The standard InChI is InChI=1S/C19H28N2O3/c1-3-15-7-4-5-8-16(15)20-18(22)14-21-11-10-19(9-6-12-24-19)17(13-21)23-2/h4-5,7-8,17H,3,6,9-14H2,1-2H3,(H,20,22)/t17-,19+/m1/s1. The maximum atomic E-state index is 12.4. The Morgan fingerprint density at radius 2 is 2.25 bits per heavy atom. The van der Waals surface area contributed by atoms with Crippen LogP contribution >= 0.6 is 0 Å². The number of hydrogen-bond acceptors (Lipinski definition) is 4. The van der Waals surface area contributed by atoms with E-state index in [-0.39, 0.29) is 17.6 Å². The number of rotatable bonds is 5. The van der Waals surface area contributed by atoms with Crippen molar-refractivity contribution in [2.24, 2.45) is 0 Å². The molecule has 3 rings (SSSR count). The Morgan fingerprint density at radius 1 is 1.42 bits per heavy atom. The zero-order valence-electron chi connectivity index (χ0n) is 14.7. The second kappa shape index (κ2) is 7.64. The molecule has 1 aromatic carbocycles. The van der Waals surface area contributed by atoms with E-state index in [9.17, 15) is 4.79 Å². The molecule has 0 aliphatic carbocycles. The number of carbonyl (C=O) groups is 1. The first-order chi connectivity index (χ1) is 11.7. The van der Waals surface area contributed by atoms with Crippen LogP contribution in [0.25, 0.3) is 0 Å². The van der Waals surface area contributed by atoms with Crippen LogP contribution in [0.3, 0.4) is 0 Å². The minimum Gasteiger partial charge on any atom is -0.377 e. The Morgan fingerprint density at radius 3 is 2.96 bits per heavy atom. The van der Waals surface area contributed by atoms with E-state index in [1.165, 1.54) is 0 Å². The van der Waals surface area contributed by atoms with Gasteiger partial charge in [0.25, 0.3) is 0 Å². The average molecular weight is 332 g/mol. The lowest BCUT2D eigenvalue weighted by Crippen LogP contribution is -2.57. The molecule has 1 amide bonds. The molecule has 1 N–H and O–H groups in total. The van der Waals surface area contributed by atoms with Gasteiger partial charge in [0, 0.05) is 32.5 Å². The molecule has 0 aromatic heterocycles. The number of hydrogen-bond donors (Lipinski definition) is 1. The van der Waals surface area contributed by atoms with Crippen molar-refractivity contribution < 1.29 is 14.3 Å². The van der Waals surface area contributed by atoms with Crippen LogP contribution in [0.4, 0.5) is 5.69 Å². The van der Waals surface area contributed by atoms with E-state index >= 15 is 0 Å². The number of piperidine rings is 1. The SMILES string of the molecule is CCc1ccccc1NC(=O)CN1CC[C@@]2(CCCO2)[C@H](OC)C1. The van der Waals surface area contributed by atoms with Crippen molar-refractivity contribution in [3.05, 3.63) is 29.8 Å². The molecule has 2 aliphatic heterocycles.